The minimum Gasteiger partial charge on any atom is -0.469 e. The molecule has 4 atom stereocenters. The predicted octanol–water partition coefficient (Wildman–Crippen LogP) is 1.28. The molecular formula is C17H16FNO4. The van der Waals surface area contributed by atoms with E-state index in [1.165, 1.54) is 19.2 Å². The molecular weight excluding hydrogens is 301 g/mol. The lowest BCUT2D eigenvalue weighted by Crippen LogP contribution is -2.39. The third-order valence-corrected chi connectivity index (χ3v) is 4.94. The van der Waals surface area contributed by atoms with Gasteiger partial charge in [-0.3, -0.25) is 9.59 Å². The molecule has 1 amide bonds. The number of hydrogen-bond donors (Lipinski definition) is 0. The summed E-state index contributed by atoms with van der Waals surface area (Å²) in [5, 5.41) is 0. The lowest BCUT2D eigenvalue weighted by Gasteiger charge is -2.22. The van der Waals surface area contributed by atoms with Gasteiger partial charge in [-0.25, -0.2) is 4.39 Å². The molecule has 0 saturated carbocycles. The van der Waals surface area contributed by atoms with E-state index in [1.54, 1.807) is 17.0 Å². The molecule has 23 heavy (non-hydrogen) atoms. The van der Waals surface area contributed by atoms with Gasteiger partial charge in [0, 0.05) is 6.54 Å². The van der Waals surface area contributed by atoms with Crippen LogP contribution in [0.2, 0.25) is 0 Å². The van der Waals surface area contributed by atoms with Gasteiger partial charge in [-0.1, -0.05) is 24.3 Å². The Balaban J connectivity index is 1.60. The molecule has 2 fully saturated rings. The van der Waals surface area contributed by atoms with Crippen LogP contribution in [0.3, 0.4) is 0 Å². The number of halogens is 1. The summed E-state index contributed by atoms with van der Waals surface area (Å²) < 4.78 is 23.8. The van der Waals surface area contributed by atoms with Crippen LogP contribution in [0.5, 0.6) is 0 Å². The minimum atomic E-state index is -0.735. The average Bonchev–Trinajstić information content (AvgIpc) is 3.18. The van der Waals surface area contributed by atoms with E-state index in [9.17, 15) is 14.0 Å². The number of fused-ring (bicyclic) bond motifs is 1. The van der Waals surface area contributed by atoms with Crippen LogP contribution < -0.4 is 0 Å². The number of ether oxygens (including phenoxy) is 2. The van der Waals surface area contributed by atoms with Gasteiger partial charge < -0.3 is 14.4 Å². The maximum absolute atomic E-state index is 13.0. The Morgan fingerprint density at radius 1 is 1.43 bits per heavy atom. The molecule has 0 N–H and O–H groups in total. The normalized spacial score (nSPS) is 34.1. The minimum absolute atomic E-state index is 0.114. The van der Waals surface area contributed by atoms with E-state index in [1.807, 2.05) is 12.2 Å². The highest BCUT2D eigenvalue weighted by atomic mass is 19.1. The van der Waals surface area contributed by atoms with Crippen LogP contribution in [0.1, 0.15) is 5.56 Å². The first kappa shape index (κ1) is 14.4. The Morgan fingerprint density at radius 3 is 2.87 bits per heavy atom. The van der Waals surface area contributed by atoms with E-state index in [4.69, 9.17) is 9.47 Å². The zero-order valence-electron chi connectivity index (χ0n) is 12.6. The second-order valence-electron chi connectivity index (χ2n) is 6.24. The highest BCUT2D eigenvalue weighted by molar-refractivity contribution is 5.91. The number of hydrogen-bond acceptors (Lipinski definition) is 4. The lowest BCUT2D eigenvalue weighted by molar-refractivity contribution is -0.151. The Hall–Kier alpha value is -2.21. The van der Waals surface area contributed by atoms with Crippen LogP contribution >= 0.6 is 0 Å². The molecule has 1 aromatic carbocycles. The topological polar surface area (TPSA) is 55.8 Å². The molecule has 3 aliphatic heterocycles. The summed E-state index contributed by atoms with van der Waals surface area (Å²) in [6.45, 7) is 0.765. The molecule has 0 radical (unpaired) electrons. The van der Waals surface area contributed by atoms with Crippen molar-refractivity contribution in [1.29, 1.82) is 0 Å². The van der Waals surface area contributed by atoms with Crippen LogP contribution in [-0.4, -0.2) is 42.1 Å². The van der Waals surface area contributed by atoms with Crippen molar-refractivity contribution in [2.75, 3.05) is 13.7 Å². The van der Waals surface area contributed by atoms with Gasteiger partial charge in [0.1, 0.15) is 17.3 Å². The number of carbonyl (C=O) groups excluding carboxylic acids is 2. The number of benzene rings is 1. The number of methoxy groups -OCH3 is 1. The molecule has 0 aliphatic carbocycles. The van der Waals surface area contributed by atoms with E-state index < -0.39 is 23.4 Å². The zero-order chi connectivity index (χ0) is 16.2. The number of carbonyl (C=O) groups is 2. The number of nitrogens with zero attached hydrogens (tertiary/aromatic N) is 1. The highest BCUT2D eigenvalue weighted by Crippen LogP contribution is 2.52. The van der Waals surface area contributed by atoms with Gasteiger partial charge in [0.2, 0.25) is 5.91 Å². The molecule has 2 saturated heterocycles. The maximum Gasteiger partial charge on any atom is 0.312 e. The molecule has 1 aromatic rings. The fraction of sp³-hybridized carbons (Fsp3) is 0.412. The highest BCUT2D eigenvalue weighted by Gasteiger charge is 2.67. The molecule has 120 valence electrons. The summed E-state index contributed by atoms with van der Waals surface area (Å²) in [4.78, 5) is 26.5. The van der Waals surface area contributed by atoms with Crippen molar-refractivity contribution in [3.63, 3.8) is 0 Å². The number of rotatable bonds is 3. The second-order valence-corrected chi connectivity index (χ2v) is 6.24. The van der Waals surface area contributed by atoms with E-state index in [2.05, 4.69) is 0 Å². The molecule has 0 aromatic heterocycles. The third kappa shape index (κ3) is 2.01. The summed E-state index contributed by atoms with van der Waals surface area (Å²) in [5.41, 5.74) is 0.102. The van der Waals surface area contributed by atoms with Crippen molar-refractivity contribution in [1.82, 2.24) is 4.90 Å². The van der Waals surface area contributed by atoms with Crippen LogP contribution in [0.15, 0.2) is 36.4 Å². The molecule has 4 rings (SSSR count). The van der Waals surface area contributed by atoms with Gasteiger partial charge in [0.05, 0.1) is 25.7 Å². The Morgan fingerprint density at radius 2 is 2.17 bits per heavy atom. The fourth-order valence-electron chi connectivity index (χ4n) is 3.93. The van der Waals surface area contributed by atoms with E-state index in [0.717, 1.165) is 5.56 Å². The molecule has 3 heterocycles. The molecule has 0 unspecified atom stereocenters. The van der Waals surface area contributed by atoms with Crippen molar-refractivity contribution in [2.24, 2.45) is 11.8 Å². The average molecular weight is 317 g/mol. The summed E-state index contributed by atoms with van der Waals surface area (Å²) in [5.74, 6) is -1.96. The zero-order valence-corrected chi connectivity index (χ0v) is 12.6. The number of likely N-dealkylation sites (tertiary alicyclic amines) is 1. The summed E-state index contributed by atoms with van der Waals surface area (Å²) >= 11 is 0. The van der Waals surface area contributed by atoms with Crippen LogP contribution in [-0.2, 0) is 25.6 Å². The van der Waals surface area contributed by atoms with Gasteiger partial charge in [0.15, 0.2) is 0 Å². The van der Waals surface area contributed by atoms with Gasteiger partial charge in [0.25, 0.3) is 0 Å². The van der Waals surface area contributed by atoms with Crippen molar-refractivity contribution in [3.05, 3.63) is 47.8 Å². The Labute approximate surface area is 132 Å². The van der Waals surface area contributed by atoms with Gasteiger partial charge >= 0.3 is 5.97 Å². The first-order valence-electron chi connectivity index (χ1n) is 7.52. The van der Waals surface area contributed by atoms with E-state index in [0.29, 0.717) is 13.1 Å². The SMILES string of the molecule is COC(=O)[C@H]1[C@H]2C(=O)N(Cc3ccc(F)cc3)C[C@@]23C=C[C@H]1O3. The third-order valence-electron chi connectivity index (χ3n) is 4.94. The van der Waals surface area contributed by atoms with Crippen molar-refractivity contribution in [2.45, 2.75) is 18.2 Å². The molecule has 6 heteroatoms. The van der Waals surface area contributed by atoms with Gasteiger partial charge in [-0.2, -0.15) is 0 Å². The standard InChI is InChI=1S/C17H16FNO4/c1-22-16(21)13-12-6-7-17(23-12)9-19(15(20)14(13)17)8-10-2-4-11(18)5-3-10/h2-7,12-14H,8-9H2,1H3/t12-,13-,14+,17+/m1/s1. The second kappa shape index (κ2) is 4.89. The Kier molecular flexibility index (Phi) is 3.06. The van der Waals surface area contributed by atoms with Crippen LogP contribution in [0.4, 0.5) is 4.39 Å². The number of amides is 1. The first-order chi connectivity index (χ1) is 11.0. The van der Waals surface area contributed by atoms with E-state index in [-0.39, 0.29) is 17.8 Å². The first-order valence-corrected chi connectivity index (χ1v) is 7.52. The van der Waals surface area contributed by atoms with Crippen LogP contribution in [0, 0.1) is 17.7 Å². The van der Waals surface area contributed by atoms with Crippen molar-refractivity contribution in [3.8, 4) is 0 Å². The molecule has 5 nitrogen and oxygen atoms in total. The predicted molar refractivity (Wildman–Crippen MR) is 77.6 cm³/mol. The summed E-state index contributed by atoms with van der Waals surface area (Å²) in [6.07, 6.45) is 3.35. The summed E-state index contributed by atoms with van der Waals surface area (Å²) in [6, 6.07) is 6.04. The quantitative estimate of drug-likeness (QED) is 0.622. The molecule has 1 spiro atoms. The molecule has 2 bridgehead atoms. The Bertz CT molecular complexity index is 701. The largest absolute Gasteiger partial charge is 0.469 e. The van der Waals surface area contributed by atoms with Crippen LogP contribution in [0.25, 0.3) is 0 Å². The van der Waals surface area contributed by atoms with Crippen molar-refractivity contribution >= 4 is 11.9 Å². The molecule has 3 aliphatic rings. The van der Waals surface area contributed by atoms with Gasteiger partial charge in [-0.15, -0.1) is 0 Å². The fourth-order valence-corrected chi connectivity index (χ4v) is 3.93. The maximum atomic E-state index is 13.0. The van der Waals surface area contributed by atoms with E-state index >= 15 is 0 Å². The number of esters is 1. The smallest absolute Gasteiger partial charge is 0.312 e. The lowest BCUT2D eigenvalue weighted by atomic mass is 9.77. The van der Waals surface area contributed by atoms with Crippen molar-refractivity contribution < 1.29 is 23.5 Å². The van der Waals surface area contributed by atoms with Gasteiger partial charge in [-0.05, 0) is 17.7 Å². The monoisotopic (exact) mass is 317 g/mol. The summed E-state index contributed by atoms with van der Waals surface area (Å²) in [7, 11) is 1.32.